The van der Waals surface area contributed by atoms with E-state index in [2.05, 4.69) is 11.1 Å². The van der Waals surface area contributed by atoms with E-state index in [4.69, 9.17) is 9.47 Å². The maximum atomic E-state index is 11.6. The number of aliphatic hydroxyl groups is 1. The Morgan fingerprint density at radius 3 is 2.68 bits per heavy atom. The van der Waals surface area contributed by atoms with Crippen LogP contribution in [0.5, 0.6) is 5.75 Å². The Kier molecular flexibility index (Phi) is 6.97. The third kappa shape index (κ3) is 5.51. The van der Waals surface area contributed by atoms with E-state index in [1.807, 2.05) is 30.1 Å². The molecular formula is C21H24N2O4S. The molecule has 0 amide bonds. The van der Waals surface area contributed by atoms with Crippen LogP contribution in [0.15, 0.2) is 48.5 Å². The van der Waals surface area contributed by atoms with Crippen LogP contribution in [0.4, 0.5) is 0 Å². The van der Waals surface area contributed by atoms with Crippen LogP contribution in [0, 0.1) is 0 Å². The number of thiazole rings is 1. The van der Waals surface area contributed by atoms with Gasteiger partial charge in [0.05, 0.1) is 28.9 Å². The van der Waals surface area contributed by atoms with E-state index in [0.29, 0.717) is 31.0 Å². The lowest BCUT2D eigenvalue weighted by molar-refractivity contribution is 0.0525. The Balaban J connectivity index is 1.45. The molecule has 0 aliphatic heterocycles. The van der Waals surface area contributed by atoms with Crippen LogP contribution in [0.1, 0.15) is 22.3 Å². The fraction of sp³-hybridized carbons (Fsp3) is 0.333. The lowest BCUT2D eigenvalue weighted by Gasteiger charge is -2.19. The van der Waals surface area contributed by atoms with Crippen LogP contribution in [0.2, 0.25) is 0 Å². The Labute approximate surface area is 168 Å². The number of nitrogens with zero attached hydrogens (tertiary/aromatic N) is 2. The van der Waals surface area contributed by atoms with Crippen molar-refractivity contribution in [3.63, 3.8) is 0 Å². The summed E-state index contributed by atoms with van der Waals surface area (Å²) >= 11 is 1.67. The predicted octanol–water partition coefficient (Wildman–Crippen LogP) is 3.34. The number of aliphatic hydroxyl groups excluding tert-OH is 1. The van der Waals surface area contributed by atoms with Gasteiger partial charge in [-0.1, -0.05) is 12.1 Å². The maximum Gasteiger partial charge on any atom is 0.338 e. The highest BCUT2D eigenvalue weighted by Gasteiger charge is 2.12. The summed E-state index contributed by atoms with van der Waals surface area (Å²) in [4.78, 5) is 18.3. The van der Waals surface area contributed by atoms with Gasteiger partial charge in [-0.25, -0.2) is 9.78 Å². The molecule has 0 fully saturated rings. The van der Waals surface area contributed by atoms with E-state index in [0.717, 1.165) is 10.5 Å². The summed E-state index contributed by atoms with van der Waals surface area (Å²) in [6.07, 6.45) is -0.635. The van der Waals surface area contributed by atoms with E-state index in [1.165, 1.54) is 4.70 Å². The number of ether oxygens (including phenoxy) is 2. The number of hydrogen-bond acceptors (Lipinski definition) is 7. The molecule has 1 aromatic heterocycles. The number of carbonyl (C=O) groups is 1. The Bertz CT molecular complexity index is 877. The second kappa shape index (κ2) is 9.64. The fourth-order valence-electron chi connectivity index (χ4n) is 2.79. The molecule has 3 aromatic rings. The Hall–Kier alpha value is -2.48. The highest BCUT2D eigenvalue weighted by molar-refractivity contribution is 7.18. The second-order valence-electron chi connectivity index (χ2n) is 6.48. The first kappa shape index (κ1) is 20.3. The van der Waals surface area contributed by atoms with Crippen molar-refractivity contribution < 1.29 is 19.4 Å². The summed E-state index contributed by atoms with van der Waals surface area (Å²) in [5.41, 5.74) is 1.48. The molecule has 3 rings (SSSR count). The molecule has 0 aliphatic carbocycles. The predicted molar refractivity (Wildman–Crippen MR) is 110 cm³/mol. The van der Waals surface area contributed by atoms with Gasteiger partial charge < -0.3 is 14.6 Å². The summed E-state index contributed by atoms with van der Waals surface area (Å²) in [6.45, 7) is 3.42. The zero-order valence-electron chi connectivity index (χ0n) is 16.0. The molecule has 7 heteroatoms. The fourth-order valence-corrected chi connectivity index (χ4v) is 3.84. The first-order chi connectivity index (χ1) is 13.5. The summed E-state index contributed by atoms with van der Waals surface area (Å²) in [5.74, 6) is 0.242. The van der Waals surface area contributed by atoms with Gasteiger partial charge in [-0.3, -0.25) is 4.90 Å². The standard InChI is InChI=1S/C21H24N2O4S/c1-3-26-21(25)15-8-10-17(11-9-15)27-14-16(24)12-23(2)13-20-22-18-6-4-5-7-19(18)28-20/h4-11,16,24H,3,12-14H2,1-2H3/t16-/m0/s1. The molecule has 1 atom stereocenters. The largest absolute Gasteiger partial charge is 0.491 e. The molecule has 0 saturated carbocycles. The molecule has 0 unspecified atom stereocenters. The number of esters is 1. The Morgan fingerprint density at radius 1 is 1.21 bits per heavy atom. The van der Waals surface area contributed by atoms with Crippen LogP contribution in [0.25, 0.3) is 10.2 Å². The van der Waals surface area contributed by atoms with Gasteiger partial charge in [-0.2, -0.15) is 0 Å². The van der Waals surface area contributed by atoms with Crippen molar-refractivity contribution in [2.24, 2.45) is 0 Å². The number of rotatable bonds is 9. The molecule has 28 heavy (non-hydrogen) atoms. The van der Waals surface area contributed by atoms with Gasteiger partial charge in [0.1, 0.15) is 23.5 Å². The van der Waals surface area contributed by atoms with E-state index in [1.54, 1.807) is 42.5 Å². The first-order valence-corrected chi connectivity index (χ1v) is 9.98. The van der Waals surface area contributed by atoms with Crippen LogP contribution >= 0.6 is 11.3 Å². The van der Waals surface area contributed by atoms with Gasteiger partial charge in [-0.05, 0) is 50.4 Å². The van der Waals surface area contributed by atoms with E-state index in [-0.39, 0.29) is 12.6 Å². The van der Waals surface area contributed by atoms with Gasteiger partial charge >= 0.3 is 5.97 Å². The van der Waals surface area contributed by atoms with Gasteiger partial charge in [0.2, 0.25) is 0 Å². The highest BCUT2D eigenvalue weighted by atomic mass is 32.1. The van der Waals surface area contributed by atoms with Gasteiger partial charge in [-0.15, -0.1) is 11.3 Å². The van der Waals surface area contributed by atoms with Crippen LogP contribution in [0.3, 0.4) is 0 Å². The average molecular weight is 400 g/mol. The smallest absolute Gasteiger partial charge is 0.338 e. The van der Waals surface area contributed by atoms with Crippen LogP contribution < -0.4 is 4.74 Å². The topological polar surface area (TPSA) is 71.9 Å². The van der Waals surface area contributed by atoms with E-state index < -0.39 is 6.10 Å². The number of benzene rings is 2. The summed E-state index contributed by atoms with van der Waals surface area (Å²) in [5, 5.41) is 11.3. The third-order valence-electron chi connectivity index (χ3n) is 4.07. The monoisotopic (exact) mass is 400 g/mol. The van der Waals surface area contributed by atoms with Crippen LogP contribution in [-0.4, -0.2) is 53.9 Å². The molecule has 1 N–H and O–H groups in total. The van der Waals surface area contributed by atoms with Gasteiger partial charge in [0.25, 0.3) is 0 Å². The molecule has 0 saturated heterocycles. The molecule has 2 aromatic carbocycles. The second-order valence-corrected chi connectivity index (χ2v) is 7.60. The Morgan fingerprint density at radius 2 is 1.96 bits per heavy atom. The molecule has 1 heterocycles. The van der Waals surface area contributed by atoms with Crippen molar-refractivity contribution in [2.45, 2.75) is 19.6 Å². The average Bonchev–Trinajstić information content (AvgIpc) is 3.09. The molecular weight excluding hydrogens is 376 g/mol. The number of likely N-dealkylation sites (N-methyl/N-ethyl adjacent to an activating group) is 1. The molecule has 0 aliphatic rings. The van der Waals surface area contributed by atoms with Gasteiger partial charge in [0.15, 0.2) is 0 Å². The zero-order valence-corrected chi connectivity index (χ0v) is 16.8. The lowest BCUT2D eigenvalue weighted by Crippen LogP contribution is -2.32. The minimum absolute atomic E-state index is 0.170. The van der Waals surface area contributed by atoms with Crippen molar-refractivity contribution in [1.82, 2.24) is 9.88 Å². The summed E-state index contributed by atoms with van der Waals surface area (Å²) in [6, 6.07) is 14.8. The van der Waals surface area contributed by atoms with Crippen molar-refractivity contribution in [2.75, 3.05) is 26.8 Å². The highest BCUT2D eigenvalue weighted by Crippen LogP contribution is 2.22. The molecule has 0 bridgehead atoms. The first-order valence-electron chi connectivity index (χ1n) is 9.16. The normalized spacial score (nSPS) is 12.3. The quantitative estimate of drug-likeness (QED) is 0.556. The summed E-state index contributed by atoms with van der Waals surface area (Å²) < 4.78 is 11.7. The van der Waals surface area contributed by atoms with E-state index >= 15 is 0 Å². The molecule has 6 nitrogen and oxygen atoms in total. The van der Waals surface area contributed by atoms with Crippen molar-refractivity contribution in [3.8, 4) is 5.75 Å². The number of para-hydroxylation sites is 1. The van der Waals surface area contributed by atoms with Crippen molar-refractivity contribution >= 4 is 27.5 Å². The number of aromatic nitrogens is 1. The molecule has 0 spiro atoms. The maximum absolute atomic E-state index is 11.6. The number of carbonyl (C=O) groups excluding carboxylic acids is 1. The summed E-state index contributed by atoms with van der Waals surface area (Å²) in [7, 11) is 1.95. The minimum atomic E-state index is -0.635. The SMILES string of the molecule is CCOC(=O)c1ccc(OC[C@@H](O)CN(C)Cc2nc3ccccc3s2)cc1. The van der Waals surface area contributed by atoms with Crippen molar-refractivity contribution in [3.05, 3.63) is 59.1 Å². The third-order valence-corrected chi connectivity index (χ3v) is 5.09. The van der Waals surface area contributed by atoms with Crippen molar-refractivity contribution in [1.29, 1.82) is 0 Å². The minimum Gasteiger partial charge on any atom is -0.491 e. The number of fused-ring (bicyclic) bond motifs is 1. The lowest BCUT2D eigenvalue weighted by atomic mass is 10.2. The molecule has 148 valence electrons. The van der Waals surface area contributed by atoms with Gasteiger partial charge in [0, 0.05) is 6.54 Å². The zero-order chi connectivity index (χ0) is 19.9. The molecule has 0 radical (unpaired) electrons. The number of hydrogen-bond donors (Lipinski definition) is 1. The van der Waals surface area contributed by atoms with Crippen LogP contribution in [-0.2, 0) is 11.3 Å². The van der Waals surface area contributed by atoms with E-state index in [9.17, 15) is 9.90 Å².